The van der Waals surface area contributed by atoms with Crippen LogP contribution in [0.2, 0.25) is 0 Å². The van der Waals surface area contributed by atoms with Gasteiger partial charge in [0.05, 0.1) is 18.1 Å². The van der Waals surface area contributed by atoms with Crippen molar-refractivity contribution in [1.29, 1.82) is 0 Å². The summed E-state index contributed by atoms with van der Waals surface area (Å²) in [7, 11) is -3.62. The van der Waals surface area contributed by atoms with Crippen LogP contribution >= 0.6 is 12.4 Å². The zero-order chi connectivity index (χ0) is 17.9. The van der Waals surface area contributed by atoms with Crippen molar-refractivity contribution < 1.29 is 17.9 Å². The zero-order valence-electron chi connectivity index (χ0n) is 14.9. The van der Waals surface area contributed by atoms with Crippen LogP contribution in [-0.4, -0.2) is 64.1 Å². The standard InChI is InChI=1S/C17H25N3O4S.ClH/c1-13-4-5-14(17(21)19-15-3-2-6-18-12-15)11-16(13)25(22,23)20-7-9-24-10-8-20;/h4-5,11,15,18H,2-3,6-10,12H2,1H3,(H,19,21);1H. The van der Waals surface area contributed by atoms with Crippen LogP contribution < -0.4 is 10.6 Å². The largest absolute Gasteiger partial charge is 0.379 e. The van der Waals surface area contributed by atoms with Crippen LogP contribution in [0.25, 0.3) is 0 Å². The maximum absolute atomic E-state index is 12.9. The fourth-order valence-corrected chi connectivity index (χ4v) is 4.85. The Morgan fingerprint density at radius 2 is 2.04 bits per heavy atom. The first-order valence-corrected chi connectivity index (χ1v) is 10.1. The topological polar surface area (TPSA) is 87.7 Å². The molecule has 7 nitrogen and oxygen atoms in total. The number of nitrogens with zero attached hydrogens (tertiary/aromatic N) is 1. The molecule has 2 fully saturated rings. The SMILES string of the molecule is Cc1ccc(C(=O)NC2CCCNC2)cc1S(=O)(=O)N1CCOCC1.Cl. The highest BCUT2D eigenvalue weighted by atomic mass is 35.5. The van der Waals surface area contributed by atoms with E-state index in [-0.39, 0.29) is 29.3 Å². The van der Waals surface area contributed by atoms with Gasteiger partial charge in [0.25, 0.3) is 5.91 Å². The molecule has 26 heavy (non-hydrogen) atoms. The van der Waals surface area contributed by atoms with Crippen molar-refractivity contribution in [2.45, 2.75) is 30.7 Å². The first-order valence-electron chi connectivity index (χ1n) is 8.68. The quantitative estimate of drug-likeness (QED) is 0.780. The zero-order valence-corrected chi connectivity index (χ0v) is 16.5. The third kappa shape index (κ3) is 4.75. The Bertz CT molecular complexity index is 730. The molecule has 0 spiro atoms. The van der Waals surface area contributed by atoms with E-state index in [2.05, 4.69) is 10.6 Å². The number of nitrogens with one attached hydrogen (secondary N) is 2. The van der Waals surface area contributed by atoms with E-state index in [1.165, 1.54) is 10.4 Å². The van der Waals surface area contributed by atoms with Gasteiger partial charge >= 0.3 is 0 Å². The Hall–Kier alpha value is -1.19. The van der Waals surface area contributed by atoms with E-state index in [1.54, 1.807) is 19.1 Å². The van der Waals surface area contributed by atoms with Gasteiger partial charge in [0.2, 0.25) is 10.0 Å². The maximum Gasteiger partial charge on any atom is 0.251 e. The molecule has 2 N–H and O–H groups in total. The van der Waals surface area contributed by atoms with E-state index in [9.17, 15) is 13.2 Å². The van der Waals surface area contributed by atoms with Gasteiger partial charge in [0.15, 0.2) is 0 Å². The lowest BCUT2D eigenvalue weighted by molar-refractivity contribution is 0.0730. The summed E-state index contributed by atoms with van der Waals surface area (Å²) in [5.41, 5.74) is 1.02. The summed E-state index contributed by atoms with van der Waals surface area (Å²) >= 11 is 0. The van der Waals surface area contributed by atoms with E-state index in [0.29, 0.717) is 37.4 Å². The minimum atomic E-state index is -3.62. The van der Waals surface area contributed by atoms with Crippen LogP contribution in [0.3, 0.4) is 0 Å². The summed E-state index contributed by atoms with van der Waals surface area (Å²) in [5.74, 6) is -0.230. The number of amides is 1. The molecule has 1 aromatic rings. The lowest BCUT2D eigenvalue weighted by Crippen LogP contribution is -2.45. The van der Waals surface area contributed by atoms with E-state index < -0.39 is 10.0 Å². The molecule has 1 atom stereocenters. The van der Waals surface area contributed by atoms with Crippen molar-refractivity contribution in [3.8, 4) is 0 Å². The van der Waals surface area contributed by atoms with Gasteiger partial charge in [0, 0.05) is 31.2 Å². The molecule has 2 aliphatic rings. The predicted octanol–water partition coefficient (Wildman–Crippen LogP) is 0.920. The molecule has 0 saturated carbocycles. The number of benzene rings is 1. The van der Waals surface area contributed by atoms with E-state index in [4.69, 9.17) is 4.74 Å². The van der Waals surface area contributed by atoms with Crippen LogP contribution in [-0.2, 0) is 14.8 Å². The smallest absolute Gasteiger partial charge is 0.251 e. The van der Waals surface area contributed by atoms with Crippen molar-refractivity contribution in [3.05, 3.63) is 29.3 Å². The fourth-order valence-electron chi connectivity index (χ4n) is 3.19. The molecule has 9 heteroatoms. The lowest BCUT2D eigenvalue weighted by atomic mass is 10.1. The second-order valence-electron chi connectivity index (χ2n) is 6.51. The predicted molar refractivity (Wildman–Crippen MR) is 101 cm³/mol. The fraction of sp³-hybridized carbons (Fsp3) is 0.588. The molecular weight excluding hydrogens is 378 g/mol. The minimum Gasteiger partial charge on any atom is -0.379 e. The Kier molecular flexibility index (Phi) is 7.42. The van der Waals surface area contributed by atoms with Gasteiger partial charge < -0.3 is 15.4 Å². The van der Waals surface area contributed by atoms with Gasteiger partial charge in [-0.25, -0.2) is 8.42 Å². The van der Waals surface area contributed by atoms with Gasteiger partial charge in [-0.05, 0) is 44.0 Å². The number of carbonyl (C=O) groups excluding carboxylic acids is 1. The number of carbonyl (C=O) groups is 1. The molecule has 2 heterocycles. The number of halogens is 1. The van der Waals surface area contributed by atoms with Crippen LogP contribution in [0, 0.1) is 6.92 Å². The number of sulfonamides is 1. The molecule has 2 aliphatic heterocycles. The van der Waals surface area contributed by atoms with Gasteiger partial charge in [-0.3, -0.25) is 4.79 Å². The molecule has 1 unspecified atom stereocenters. The molecule has 2 saturated heterocycles. The number of hydrogen-bond acceptors (Lipinski definition) is 5. The Balaban J connectivity index is 0.00000243. The summed E-state index contributed by atoms with van der Waals surface area (Å²) in [6.45, 7) is 4.94. The summed E-state index contributed by atoms with van der Waals surface area (Å²) in [5, 5.41) is 6.23. The number of piperidine rings is 1. The van der Waals surface area contributed by atoms with Crippen molar-refractivity contribution in [2.75, 3.05) is 39.4 Å². The normalized spacial score (nSPS) is 21.7. The van der Waals surface area contributed by atoms with Crippen molar-refractivity contribution in [2.24, 2.45) is 0 Å². The van der Waals surface area contributed by atoms with E-state index >= 15 is 0 Å². The molecule has 0 bridgehead atoms. The second kappa shape index (κ2) is 9.14. The van der Waals surface area contributed by atoms with Crippen LogP contribution in [0.15, 0.2) is 23.1 Å². The van der Waals surface area contributed by atoms with Crippen LogP contribution in [0.4, 0.5) is 0 Å². The third-order valence-electron chi connectivity index (χ3n) is 4.67. The first-order chi connectivity index (χ1) is 12.0. The van der Waals surface area contributed by atoms with E-state index in [0.717, 1.165) is 25.9 Å². The minimum absolute atomic E-state index is 0. The van der Waals surface area contributed by atoms with Gasteiger partial charge in [-0.2, -0.15) is 4.31 Å². The number of ether oxygens (including phenoxy) is 1. The summed E-state index contributed by atoms with van der Waals surface area (Å²) in [6.07, 6.45) is 1.96. The number of rotatable bonds is 4. The Labute approximate surface area is 160 Å². The van der Waals surface area contributed by atoms with Gasteiger partial charge in [0.1, 0.15) is 0 Å². The lowest BCUT2D eigenvalue weighted by Gasteiger charge is -2.27. The molecule has 146 valence electrons. The van der Waals surface area contributed by atoms with Crippen LogP contribution in [0.5, 0.6) is 0 Å². The maximum atomic E-state index is 12.9. The van der Waals surface area contributed by atoms with Crippen molar-refractivity contribution >= 4 is 28.3 Å². The van der Waals surface area contributed by atoms with Crippen molar-refractivity contribution in [1.82, 2.24) is 14.9 Å². The molecule has 1 aromatic carbocycles. The van der Waals surface area contributed by atoms with Crippen molar-refractivity contribution in [3.63, 3.8) is 0 Å². The summed E-state index contributed by atoms with van der Waals surface area (Å²) < 4.78 is 32.5. The molecule has 0 aliphatic carbocycles. The number of hydrogen-bond donors (Lipinski definition) is 2. The average molecular weight is 404 g/mol. The summed E-state index contributed by atoms with van der Waals surface area (Å²) in [6, 6.07) is 4.95. The second-order valence-corrected chi connectivity index (χ2v) is 8.42. The molecule has 0 radical (unpaired) electrons. The van der Waals surface area contributed by atoms with Gasteiger partial charge in [-0.1, -0.05) is 6.07 Å². The molecule has 0 aromatic heterocycles. The van der Waals surface area contributed by atoms with Gasteiger partial charge in [-0.15, -0.1) is 12.4 Å². The highest BCUT2D eigenvalue weighted by Crippen LogP contribution is 2.22. The Morgan fingerprint density at radius 3 is 2.69 bits per heavy atom. The monoisotopic (exact) mass is 403 g/mol. The highest BCUT2D eigenvalue weighted by Gasteiger charge is 2.28. The average Bonchev–Trinajstić information content (AvgIpc) is 2.63. The van der Waals surface area contributed by atoms with Crippen LogP contribution in [0.1, 0.15) is 28.8 Å². The first kappa shape index (κ1) is 21.1. The summed E-state index contributed by atoms with van der Waals surface area (Å²) in [4.78, 5) is 12.7. The van der Waals surface area contributed by atoms with E-state index in [1.807, 2.05) is 0 Å². The third-order valence-corrected chi connectivity index (χ3v) is 6.71. The highest BCUT2D eigenvalue weighted by molar-refractivity contribution is 7.89. The number of morpholine rings is 1. The molecule has 1 amide bonds. The molecular formula is C17H26ClN3O4S. The number of aryl methyl sites for hydroxylation is 1. The molecule has 3 rings (SSSR count). The Morgan fingerprint density at radius 1 is 1.31 bits per heavy atom.